The molecule has 1 unspecified atom stereocenters. The normalized spacial score (nSPS) is 30.6. The first-order chi connectivity index (χ1) is 8.86. The van der Waals surface area contributed by atoms with E-state index in [1.54, 1.807) is 0 Å². The lowest BCUT2D eigenvalue weighted by atomic mass is 9.87. The van der Waals surface area contributed by atoms with Gasteiger partial charge in [-0.1, -0.05) is 24.3 Å². The number of rotatable bonds is 4. The van der Waals surface area contributed by atoms with Gasteiger partial charge in [0, 0.05) is 12.6 Å². The third kappa shape index (κ3) is 2.44. The Bertz CT molecular complexity index is 401. The molecule has 1 aromatic rings. The lowest BCUT2D eigenvalue weighted by molar-refractivity contribution is -0.0182. The molecule has 2 aliphatic rings. The zero-order valence-corrected chi connectivity index (χ0v) is 10.9. The van der Waals surface area contributed by atoms with E-state index in [0.717, 1.165) is 32.7 Å². The summed E-state index contributed by atoms with van der Waals surface area (Å²) < 4.78 is 11.3. The van der Waals surface area contributed by atoms with Gasteiger partial charge in [-0.3, -0.25) is 0 Å². The molecular formula is C15H21NO2. The van der Waals surface area contributed by atoms with E-state index in [9.17, 15) is 0 Å². The first-order valence-corrected chi connectivity index (χ1v) is 6.90. The second-order valence-electron chi connectivity index (χ2n) is 5.18. The third-order valence-electron chi connectivity index (χ3n) is 3.91. The quantitative estimate of drug-likeness (QED) is 0.886. The van der Waals surface area contributed by atoms with Crippen LogP contribution in [0.25, 0.3) is 0 Å². The van der Waals surface area contributed by atoms with Crippen LogP contribution >= 0.6 is 0 Å². The minimum atomic E-state index is 0.350. The van der Waals surface area contributed by atoms with E-state index in [0.29, 0.717) is 18.2 Å². The highest BCUT2D eigenvalue weighted by atomic mass is 16.5. The molecular weight excluding hydrogens is 226 g/mol. The van der Waals surface area contributed by atoms with Crippen molar-refractivity contribution in [1.29, 1.82) is 0 Å². The molecule has 3 nitrogen and oxygen atoms in total. The summed E-state index contributed by atoms with van der Waals surface area (Å²) in [6.45, 7) is 4.42. The second-order valence-corrected chi connectivity index (χ2v) is 5.18. The van der Waals surface area contributed by atoms with Crippen LogP contribution < -0.4 is 5.32 Å². The molecule has 0 radical (unpaired) electrons. The Morgan fingerprint density at radius 2 is 2.17 bits per heavy atom. The van der Waals surface area contributed by atoms with Gasteiger partial charge in [0.15, 0.2) is 0 Å². The van der Waals surface area contributed by atoms with Crippen LogP contribution in [0.1, 0.15) is 36.9 Å². The Balaban J connectivity index is 1.59. The largest absolute Gasteiger partial charge is 0.378 e. The van der Waals surface area contributed by atoms with Gasteiger partial charge in [-0.15, -0.1) is 0 Å². The zero-order valence-electron chi connectivity index (χ0n) is 10.9. The highest BCUT2D eigenvalue weighted by molar-refractivity contribution is 5.31. The number of nitrogens with one attached hydrogen (secondary N) is 1. The molecule has 3 rings (SSSR count). The minimum Gasteiger partial charge on any atom is -0.378 e. The molecule has 0 amide bonds. The Hall–Kier alpha value is -0.900. The zero-order chi connectivity index (χ0) is 12.4. The van der Waals surface area contributed by atoms with E-state index in [4.69, 9.17) is 9.47 Å². The van der Waals surface area contributed by atoms with Crippen molar-refractivity contribution in [2.45, 2.75) is 44.6 Å². The van der Waals surface area contributed by atoms with E-state index in [1.807, 2.05) is 0 Å². The van der Waals surface area contributed by atoms with E-state index in [1.165, 1.54) is 11.1 Å². The highest BCUT2D eigenvalue weighted by Crippen LogP contribution is 2.29. The minimum absolute atomic E-state index is 0.350. The van der Waals surface area contributed by atoms with Crippen molar-refractivity contribution in [2.75, 3.05) is 13.2 Å². The lowest BCUT2D eigenvalue weighted by Gasteiger charge is -2.39. The topological polar surface area (TPSA) is 30.5 Å². The fourth-order valence-electron chi connectivity index (χ4n) is 2.88. The maximum Gasteiger partial charge on any atom is 0.0721 e. The van der Waals surface area contributed by atoms with Crippen LogP contribution in [0, 0.1) is 0 Å². The number of fused-ring (bicyclic) bond motifs is 1. The molecule has 1 atom stereocenters. The van der Waals surface area contributed by atoms with Crippen molar-refractivity contribution in [2.24, 2.45) is 0 Å². The maximum absolute atomic E-state index is 5.66. The molecule has 1 heterocycles. The Morgan fingerprint density at radius 3 is 3.00 bits per heavy atom. The van der Waals surface area contributed by atoms with Crippen molar-refractivity contribution < 1.29 is 9.47 Å². The molecule has 1 aromatic carbocycles. The molecule has 98 valence electrons. The van der Waals surface area contributed by atoms with E-state index in [-0.39, 0.29) is 0 Å². The summed E-state index contributed by atoms with van der Waals surface area (Å²) in [5.74, 6) is 0. The summed E-state index contributed by atoms with van der Waals surface area (Å²) in [5, 5.41) is 3.69. The van der Waals surface area contributed by atoms with Gasteiger partial charge in [0.1, 0.15) is 0 Å². The molecule has 1 aliphatic carbocycles. The van der Waals surface area contributed by atoms with Gasteiger partial charge in [0.05, 0.1) is 25.4 Å². The number of benzene rings is 1. The van der Waals surface area contributed by atoms with Crippen molar-refractivity contribution in [3.63, 3.8) is 0 Å². The molecule has 0 spiro atoms. The fraction of sp³-hybridized carbons (Fsp3) is 0.600. The average molecular weight is 247 g/mol. The summed E-state index contributed by atoms with van der Waals surface area (Å²) in [4.78, 5) is 0. The molecule has 1 aliphatic heterocycles. The van der Waals surface area contributed by atoms with Gasteiger partial charge in [-0.2, -0.15) is 0 Å². The van der Waals surface area contributed by atoms with Crippen LogP contribution in [-0.2, 0) is 16.1 Å². The molecule has 0 bridgehead atoms. The van der Waals surface area contributed by atoms with E-state index in [2.05, 4.69) is 36.5 Å². The number of ether oxygens (including phenoxy) is 2. The van der Waals surface area contributed by atoms with Crippen LogP contribution in [0.4, 0.5) is 0 Å². The monoisotopic (exact) mass is 247 g/mol. The molecule has 18 heavy (non-hydrogen) atoms. The molecule has 3 heteroatoms. The van der Waals surface area contributed by atoms with Crippen molar-refractivity contribution in [3.05, 3.63) is 35.4 Å². The predicted molar refractivity (Wildman–Crippen MR) is 70.4 cm³/mol. The highest BCUT2D eigenvalue weighted by Gasteiger charge is 2.32. The average Bonchev–Trinajstić information content (AvgIpc) is 2.37. The molecule has 0 aromatic heterocycles. The smallest absolute Gasteiger partial charge is 0.0721 e. The first-order valence-electron chi connectivity index (χ1n) is 6.90. The predicted octanol–water partition coefficient (Wildman–Crippen LogP) is 2.42. The number of hydrogen-bond acceptors (Lipinski definition) is 3. The summed E-state index contributed by atoms with van der Waals surface area (Å²) in [7, 11) is 0. The SMILES string of the molecule is CCOC1CC(NC2COCc3ccccc32)C1. The van der Waals surface area contributed by atoms with Crippen LogP contribution in [-0.4, -0.2) is 25.4 Å². The molecule has 1 fully saturated rings. The summed E-state index contributed by atoms with van der Waals surface area (Å²) in [6, 6.07) is 9.51. The van der Waals surface area contributed by atoms with Crippen LogP contribution in [0.15, 0.2) is 24.3 Å². The van der Waals surface area contributed by atoms with Crippen LogP contribution in [0.3, 0.4) is 0 Å². The second kappa shape index (κ2) is 5.39. The standard InChI is InChI=1S/C15H21NO2/c1-2-18-13-7-12(8-13)16-15-10-17-9-11-5-3-4-6-14(11)15/h3-6,12-13,15-16H,2,7-10H2,1H3. The van der Waals surface area contributed by atoms with Crippen molar-refractivity contribution in [3.8, 4) is 0 Å². The number of hydrogen-bond donors (Lipinski definition) is 1. The van der Waals surface area contributed by atoms with Crippen LogP contribution in [0.5, 0.6) is 0 Å². The molecule has 0 saturated heterocycles. The Labute approximate surface area is 108 Å². The van der Waals surface area contributed by atoms with Gasteiger partial charge < -0.3 is 14.8 Å². The Kier molecular flexibility index (Phi) is 3.64. The van der Waals surface area contributed by atoms with E-state index < -0.39 is 0 Å². The molecule has 1 saturated carbocycles. The van der Waals surface area contributed by atoms with Crippen LogP contribution in [0.2, 0.25) is 0 Å². The Morgan fingerprint density at radius 1 is 1.33 bits per heavy atom. The fourth-order valence-corrected chi connectivity index (χ4v) is 2.88. The summed E-state index contributed by atoms with van der Waals surface area (Å²) in [6.07, 6.45) is 2.73. The third-order valence-corrected chi connectivity index (χ3v) is 3.91. The maximum atomic E-state index is 5.66. The molecule has 1 N–H and O–H groups in total. The summed E-state index contributed by atoms with van der Waals surface area (Å²) >= 11 is 0. The van der Waals surface area contributed by atoms with E-state index >= 15 is 0 Å². The van der Waals surface area contributed by atoms with Gasteiger partial charge in [-0.25, -0.2) is 0 Å². The lowest BCUT2D eigenvalue weighted by Crippen LogP contribution is -2.48. The van der Waals surface area contributed by atoms with Gasteiger partial charge in [0.25, 0.3) is 0 Å². The summed E-state index contributed by atoms with van der Waals surface area (Å²) in [5.41, 5.74) is 2.73. The van der Waals surface area contributed by atoms with Gasteiger partial charge in [0.2, 0.25) is 0 Å². The van der Waals surface area contributed by atoms with Gasteiger partial charge in [-0.05, 0) is 30.9 Å². The van der Waals surface area contributed by atoms with Crippen molar-refractivity contribution >= 4 is 0 Å². The van der Waals surface area contributed by atoms with Crippen molar-refractivity contribution in [1.82, 2.24) is 5.32 Å². The van der Waals surface area contributed by atoms with Gasteiger partial charge >= 0.3 is 0 Å². The first kappa shape index (κ1) is 12.2.